The van der Waals surface area contributed by atoms with Gasteiger partial charge in [-0.3, -0.25) is 0 Å². The molecule has 0 aliphatic heterocycles. The Kier molecular flexibility index (Phi) is 1.73. The molecule has 0 heterocycles. The number of hydrogen-bond donors (Lipinski definition) is 1. The highest BCUT2D eigenvalue weighted by Gasteiger charge is 1.97. The van der Waals surface area contributed by atoms with Crippen molar-refractivity contribution in [2.24, 2.45) is 0 Å². The van der Waals surface area contributed by atoms with E-state index in [9.17, 15) is 0 Å². The maximum absolute atomic E-state index is 9.13. The van der Waals surface area contributed by atoms with Crippen LogP contribution in [0.4, 0.5) is 0 Å². The molecule has 1 heteroatoms. The third-order valence-corrected chi connectivity index (χ3v) is 1.33. The lowest BCUT2D eigenvalue weighted by atomic mass is 10.2. The van der Waals surface area contributed by atoms with Gasteiger partial charge in [0.05, 0.1) is 5.76 Å². The van der Waals surface area contributed by atoms with Gasteiger partial charge in [0, 0.05) is 12.0 Å². The lowest BCUT2D eigenvalue weighted by molar-refractivity contribution is 0.391. The van der Waals surface area contributed by atoms with Crippen molar-refractivity contribution >= 4 is 0 Å². The monoisotopic (exact) mass is 122 g/mol. The standard InChI is InChI=1S/C8H10O/c1-2-8(9)7-5-3-4-6-7/h3-6,9H,2H2,1H3. The Balaban J connectivity index is 2.81. The Morgan fingerprint density at radius 3 is 2.44 bits per heavy atom. The van der Waals surface area contributed by atoms with Gasteiger partial charge in [0.25, 0.3) is 0 Å². The Morgan fingerprint density at radius 2 is 2.00 bits per heavy atom. The van der Waals surface area contributed by atoms with Crippen LogP contribution >= 0.6 is 0 Å². The van der Waals surface area contributed by atoms with E-state index in [4.69, 9.17) is 5.11 Å². The molecule has 1 N–H and O–H groups in total. The van der Waals surface area contributed by atoms with Crippen molar-refractivity contribution < 1.29 is 5.11 Å². The summed E-state index contributed by atoms with van der Waals surface area (Å²) in [5, 5.41) is 9.13. The summed E-state index contributed by atoms with van der Waals surface area (Å²) in [6.45, 7) is 1.93. The second-order valence-corrected chi connectivity index (χ2v) is 1.97. The molecule has 9 heavy (non-hydrogen) atoms. The predicted molar refractivity (Wildman–Crippen MR) is 38.2 cm³/mol. The Labute approximate surface area is 55.0 Å². The van der Waals surface area contributed by atoms with Crippen LogP contribution in [0.5, 0.6) is 0 Å². The molecule has 0 aromatic carbocycles. The summed E-state index contributed by atoms with van der Waals surface area (Å²) in [5.41, 5.74) is 0.942. The molecule has 1 nitrogen and oxygen atoms in total. The molecule has 0 saturated carbocycles. The molecule has 1 aliphatic carbocycles. The summed E-state index contributed by atoms with van der Waals surface area (Å²) >= 11 is 0. The van der Waals surface area contributed by atoms with Crippen LogP contribution in [0, 0.1) is 0 Å². The number of rotatable bonds is 1. The van der Waals surface area contributed by atoms with Gasteiger partial charge in [-0.15, -0.1) is 0 Å². The van der Waals surface area contributed by atoms with Gasteiger partial charge in [-0.25, -0.2) is 0 Å². The van der Waals surface area contributed by atoms with E-state index in [-0.39, 0.29) is 0 Å². The highest BCUT2D eigenvalue weighted by Crippen LogP contribution is 2.12. The van der Waals surface area contributed by atoms with E-state index in [1.807, 2.05) is 31.2 Å². The first kappa shape index (κ1) is 6.14. The van der Waals surface area contributed by atoms with E-state index in [0.29, 0.717) is 12.2 Å². The predicted octanol–water partition coefficient (Wildman–Crippen LogP) is 2.33. The molecule has 1 rings (SSSR count). The van der Waals surface area contributed by atoms with Crippen molar-refractivity contribution in [3.05, 3.63) is 35.6 Å². The first-order valence-corrected chi connectivity index (χ1v) is 3.11. The fourth-order valence-corrected chi connectivity index (χ4v) is 0.771. The smallest absolute Gasteiger partial charge is 0.0991 e. The highest BCUT2D eigenvalue weighted by molar-refractivity contribution is 5.41. The molecule has 1 aliphatic rings. The van der Waals surface area contributed by atoms with Crippen LogP contribution in [0.3, 0.4) is 0 Å². The summed E-state index contributed by atoms with van der Waals surface area (Å²) in [6, 6.07) is 0. The van der Waals surface area contributed by atoms with E-state index in [2.05, 4.69) is 0 Å². The van der Waals surface area contributed by atoms with Gasteiger partial charge < -0.3 is 5.11 Å². The molecular formula is C8H10O. The van der Waals surface area contributed by atoms with Gasteiger partial charge >= 0.3 is 0 Å². The van der Waals surface area contributed by atoms with Crippen LogP contribution in [0.15, 0.2) is 35.6 Å². The molecule has 0 aromatic heterocycles. The van der Waals surface area contributed by atoms with E-state index < -0.39 is 0 Å². The normalized spacial score (nSPS) is 15.0. The molecule has 0 spiro atoms. The second-order valence-electron chi connectivity index (χ2n) is 1.97. The van der Waals surface area contributed by atoms with E-state index in [1.54, 1.807) is 0 Å². The highest BCUT2D eigenvalue weighted by atomic mass is 16.3. The van der Waals surface area contributed by atoms with E-state index in [1.165, 1.54) is 0 Å². The Bertz CT molecular complexity index is 171. The van der Waals surface area contributed by atoms with Crippen molar-refractivity contribution in [2.75, 3.05) is 0 Å². The third kappa shape index (κ3) is 1.22. The zero-order valence-electron chi connectivity index (χ0n) is 5.46. The fraction of sp³-hybridized carbons (Fsp3) is 0.250. The van der Waals surface area contributed by atoms with Crippen LogP contribution in [0.1, 0.15) is 13.3 Å². The molecule has 0 amide bonds. The van der Waals surface area contributed by atoms with Crippen molar-refractivity contribution in [2.45, 2.75) is 13.3 Å². The zero-order valence-corrected chi connectivity index (χ0v) is 5.46. The van der Waals surface area contributed by atoms with Gasteiger partial charge in [0.15, 0.2) is 0 Å². The zero-order chi connectivity index (χ0) is 6.69. The summed E-state index contributed by atoms with van der Waals surface area (Å²) in [4.78, 5) is 0. The van der Waals surface area contributed by atoms with Crippen molar-refractivity contribution in [3.8, 4) is 0 Å². The molecule has 0 unspecified atom stereocenters. The number of aliphatic hydroxyl groups excluding tert-OH is 1. The molecule has 0 saturated heterocycles. The van der Waals surface area contributed by atoms with E-state index >= 15 is 0 Å². The summed E-state index contributed by atoms with van der Waals surface area (Å²) < 4.78 is 0. The molecule has 0 atom stereocenters. The van der Waals surface area contributed by atoms with Crippen LogP contribution in [-0.4, -0.2) is 5.11 Å². The second kappa shape index (κ2) is 2.53. The maximum Gasteiger partial charge on any atom is 0.0991 e. The maximum atomic E-state index is 9.13. The van der Waals surface area contributed by atoms with Crippen molar-refractivity contribution in [1.82, 2.24) is 0 Å². The Hall–Kier alpha value is -0.980. The number of aliphatic hydroxyl groups is 1. The Morgan fingerprint density at radius 1 is 1.44 bits per heavy atom. The SMILES string of the molecule is CCC(O)=C1C=CC=C1. The lowest BCUT2D eigenvalue weighted by Crippen LogP contribution is -1.80. The fourth-order valence-electron chi connectivity index (χ4n) is 0.771. The van der Waals surface area contributed by atoms with Crippen LogP contribution in [0.2, 0.25) is 0 Å². The molecular weight excluding hydrogens is 112 g/mol. The average Bonchev–Trinajstić information content (AvgIpc) is 2.37. The lowest BCUT2D eigenvalue weighted by Gasteiger charge is -1.94. The van der Waals surface area contributed by atoms with Gasteiger partial charge in [-0.1, -0.05) is 31.2 Å². The van der Waals surface area contributed by atoms with Gasteiger partial charge in [-0.2, -0.15) is 0 Å². The van der Waals surface area contributed by atoms with Crippen LogP contribution < -0.4 is 0 Å². The third-order valence-electron chi connectivity index (χ3n) is 1.33. The van der Waals surface area contributed by atoms with Crippen molar-refractivity contribution in [1.29, 1.82) is 0 Å². The average molecular weight is 122 g/mol. The minimum atomic E-state index is 0.472. The van der Waals surface area contributed by atoms with Crippen molar-refractivity contribution in [3.63, 3.8) is 0 Å². The molecule has 0 aromatic rings. The molecule has 48 valence electrons. The minimum absolute atomic E-state index is 0.472. The summed E-state index contributed by atoms with van der Waals surface area (Å²) in [7, 11) is 0. The minimum Gasteiger partial charge on any atom is -0.512 e. The first-order valence-electron chi connectivity index (χ1n) is 3.11. The van der Waals surface area contributed by atoms with Crippen LogP contribution in [0.25, 0.3) is 0 Å². The van der Waals surface area contributed by atoms with Crippen LogP contribution in [-0.2, 0) is 0 Å². The topological polar surface area (TPSA) is 20.2 Å². The number of hydrogen-bond acceptors (Lipinski definition) is 1. The van der Waals surface area contributed by atoms with Gasteiger partial charge in [0.1, 0.15) is 0 Å². The largest absolute Gasteiger partial charge is 0.512 e. The molecule has 0 fully saturated rings. The summed E-state index contributed by atoms with van der Waals surface area (Å²) in [5.74, 6) is 0.472. The van der Waals surface area contributed by atoms with E-state index in [0.717, 1.165) is 5.57 Å². The quantitative estimate of drug-likeness (QED) is 0.529. The summed E-state index contributed by atoms with van der Waals surface area (Å²) in [6.07, 6.45) is 8.35. The molecule has 0 radical (unpaired) electrons. The molecule has 0 bridgehead atoms. The van der Waals surface area contributed by atoms with Gasteiger partial charge in [-0.05, 0) is 0 Å². The van der Waals surface area contributed by atoms with Gasteiger partial charge in [0.2, 0.25) is 0 Å². The first-order chi connectivity index (χ1) is 4.34. The number of allylic oxidation sites excluding steroid dienone is 6.